The summed E-state index contributed by atoms with van der Waals surface area (Å²) in [6.07, 6.45) is 0.832. The lowest BCUT2D eigenvalue weighted by atomic mass is 10.0. The van der Waals surface area contributed by atoms with Crippen LogP contribution in [0.3, 0.4) is 0 Å². The Morgan fingerprint density at radius 1 is 1.30 bits per heavy atom. The zero-order chi connectivity index (χ0) is 20.3. The van der Waals surface area contributed by atoms with Crippen molar-refractivity contribution >= 4 is 22.9 Å². The first-order chi connectivity index (χ1) is 12.7. The van der Waals surface area contributed by atoms with Gasteiger partial charge in [-0.1, -0.05) is 27.2 Å². The highest BCUT2D eigenvalue weighted by Crippen LogP contribution is 2.20. The van der Waals surface area contributed by atoms with Gasteiger partial charge >= 0.3 is 11.7 Å². The van der Waals surface area contributed by atoms with Crippen LogP contribution in [0.2, 0.25) is 0 Å². The van der Waals surface area contributed by atoms with Crippen LogP contribution in [-0.4, -0.2) is 37.6 Å². The largest absolute Gasteiger partial charge is 0.480 e. The van der Waals surface area contributed by atoms with Gasteiger partial charge in [0.05, 0.1) is 10.9 Å². The zero-order valence-electron chi connectivity index (χ0n) is 15.8. The maximum atomic E-state index is 12.8. The summed E-state index contributed by atoms with van der Waals surface area (Å²) >= 11 is 0. The molecule has 0 aromatic carbocycles. The van der Waals surface area contributed by atoms with Crippen LogP contribution < -0.4 is 16.6 Å². The van der Waals surface area contributed by atoms with Crippen LogP contribution in [-0.2, 0) is 11.3 Å². The molecule has 1 unspecified atom stereocenters. The van der Waals surface area contributed by atoms with Gasteiger partial charge in [0.15, 0.2) is 5.65 Å². The topological polar surface area (TPSA) is 134 Å². The zero-order valence-corrected chi connectivity index (χ0v) is 15.8. The number of fused-ring (bicyclic) bond motifs is 1. The van der Waals surface area contributed by atoms with Gasteiger partial charge in [-0.15, -0.1) is 0 Å². The standard InChI is InChI=1S/C18H24N4O5/c1-5-7-11(17(25)26)20-15(23)10-8-12(9(3)4)19-14-13(10)16(24)21-18(27)22(14)6-2/h8-9,11H,5-7H2,1-4H3,(H,20,23)(H,25,26)(H,21,24,27). The molecule has 2 heterocycles. The van der Waals surface area contributed by atoms with E-state index in [2.05, 4.69) is 15.3 Å². The number of nitrogens with zero attached hydrogens (tertiary/aromatic N) is 2. The Kier molecular flexibility index (Phi) is 6.14. The fraction of sp³-hybridized carbons (Fsp3) is 0.500. The summed E-state index contributed by atoms with van der Waals surface area (Å²) in [4.78, 5) is 55.3. The van der Waals surface area contributed by atoms with Gasteiger partial charge in [-0.25, -0.2) is 14.6 Å². The van der Waals surface area contributed by atoms with Gasteiger partial charge in [-0.05, 0) is 25.3 Å². The van der Waals surface area contributed by atoms with Crippen molar-refractivity contribution in [1.29, 1.82) is 0 Å². The molecule has 3 N–H and O–H groups in total. The highest BCUT2D eigenvalue weighted by Gasteiger charge is 2.24. The average Bonchev–Trinajstić information content (AvgIpc) is 2.60. The Morgan fingerprint density at radius 2 is 1.96 bits per heavy atom. The first-order valence-electron chi connectivity index (χ1n) is 8.92. The summed E-state index contributed by atoms with van der Waals surface area (Å²) in [5.41, 5.74) is -0.680. The third-order valence-electron chi connectivity index (χ3n) is 4.30. The Bertz CT molecular complexity index is 990. The molecule has 0 spiro atoms. The van der Waals surface area contributed by atoms with E-state index >= 15 is 0 Å². The molecular weight excluding hydrogens is 352 g/mol. The second kappa shape index (κ2) is 8.15. The number of aliphatic carboxylic acids is 1. The highest BCUT2D eigenvalue weighted by molar-refractivity contribution is 6.06. The van der Waals surface area contributed by atoms with Crippen LogP contribution >= 0.6 is 0 Å². The monoisotopic (exact) mass is 376 g/mol. The first-order valence-corrected chi connectivity index (χ1v) is 8.92. The summed E-state index contributed by atoms with van der Waals surface area (Å²) in [5.74, 6) is -1.89. The molecule has 2 rings (SSSR count). The number of carbonyl (C=O) groups is 2. The quantitative estimate of drug-likeness (QED) is 0.665. The predicted octanol–water partition coefficient (Wildman–Crippen LogP) is 1.21. The van der Waals surface area contributed by atoms with Gasteiger partial charge in [-0.3, -0.25) is 19.1 Å². The number of aromatic amines is 1. The molecule has 0 radical (unpaired) electrons. The van der Waals surface area contributed by atoms with Crippen molar-refractivity contribution in [2.45, 2.75) is 59.0 Å². The predicted molar refractivity (Wildman–Crippen MR) is 100 cm³/mol. The summed E-state index contributed by atoms with van der Waals surface area (Å²) < 4.78 is 1.28. The van der Waals surface area contributed by atoms with Crippen molar-refractivity contribution in [3.8, 4) is 0 Å². The molecule has 2 aromatic rings. The van der Waals surface area contributed by atoms with Gasteiger partial charge in [0.25, 0.3) is 11.5 Å². The minimum Gasteiger partial charge on any atom is -0.480 e. The molecule has 0 aliphatic rings. The number of aryl methyl sites for hydroxylation is 1. The molecule has 0 bridgehead atoms. The molecule has 0 fully saturated rings. The molecule has 0 aliphatic carbocycles. The molecule has 0 aliphatic heterocycles. The summed E-state index contributed by atoms with van der Waals surface area (Å²) in [7, 11) is 0. The van der Waals surface area contributed by atoms with Crippen molar-refractivity contribution in [3.63, 3.8) is 0 Å². The number of H-pyrrole nitrogens is 1. The normalized spacial score (nSPS) is 12.3. The molecule has 1 atom stereocenters. The molecule has 9 nitrogen and oxygen atoms in total. The number of aromatic nitrogens is 3. The van der Waals surface area contributed by atoms with E-state index in [1.807, 2.05) is 20.8 Å². The van der Waals surface area contributed by atoms with Gasteiger partial charge in [-0.2, -0.15) is 0 Å². The molecule has 146 valence electrons. The number of carbonyl (C=O) groups excluding carboxylic acids is 1. The molecular formula is C18H24N4O5. The van der Waals surface area contributed by atoms with E-state index < -0.39 is 29.2 Å². The number of rotatable bonds is 7. The van der Waals surface area contributed by atoms with Gasteiger partial charge in [0.2, 0.25) is 0 Å². The van der Waals surface area contributed by atoms with E-state index in [0.29, 0.717) is 12.1 Å². The van der Waals surface area contributed by atoms with Crippen LogP contribution in [0.4, 0.5) is 0 Å². The Balaban J connectivity index is 2.74. The fourth-order valence-corrected chi connectivity index (χ4v) is 2.84. The maximum absolute atomic E-state index is 12.8. The molecule has 9 heteroatoms. The maximum Gasteiger partial charge on any atom is 0.329 e. The van der Waals surface area contributed by atoms with Crippen LogP contribution in [0.1, 0.15) is 62.5 Å². The fourth-order valence-electron chi connectivity index (χ4n) is 2.84. The summed E-state index contributed by atoms with van der Waals surface area (Å²) in [6, 6.07) is 0.414. The minimum atomic E-state index is -1.15. The number of pyridine rings is 1. The second-order valence-electron chi connectivity index (χ2n) is 6.60. The molecule has 1 amide bonds. The third kappa shape index (κ3) is 4.07. The van der Waals surface area contributed by atoms with Crippen LogP contribution in [0.15, 0.2) is 15.7 Å². The second-order valence-corrected chi connectivity index (χ2v) is 6.60. The van der Waals surface area contributed by atoms with Crippen molar-refractivity contribution in [2.75, 3.05) is 0 Å². The lowest BCUT2D eigenvalue weighted by Crippen LogP contribution is -2.41. The van der Waals surface area contributed by atoms with Crippen molar-refractivity contribution in [3.05, 3.63) is 38.2 Å². The third-order valence-corrected chi connectivity index (χ3v) is 4.30. The van der Waals surface area contributed by atoms with Crippen molar-refractivity contribution < 1.29 is 14.7 Å². The Morgan fingerprint density at radius 3 is 2.48 bits per heavy atom. The van der Waals surface area contributed by atoms with E-state index in [1.54, 1.807) is 6.92 Å². The summed E-state index contributed by atoms with van der Waals surface area (Å²) in [6.45, 7) is 7.54. The lowest BCUT2D eigenvalue weighted by molar-refractivity contribution is -0.139. The van der Waals surface area contributed by atoms with Crippen LogP contribution in [0, 0.1) is 0 Å². The number of hydrogen-bond donors (Lipinski definition) is 3. The number of hydrogen-bond acceptors (Lipinski definition) is 5. The SMILES string of the molecule is CCCC(NC(=O)c1cc(C(C)C)nc2c1c(=O)[nH]c(=O)n2CC)C(=O)O. The number of carboxylic acids is 1. The Labute approximate surface area is 155 Å². The van der Waals surface area contributed by atoms with E-state index in [9.17, 15) is 24.3 Å². The van der Waals surface area contributed by atoms with Gasteiger partial charge < -0.3 is 10.4 Å². The van der Waals surface area contributed by atoms with E-state index in [1.165, 1.54) is 10.6 Å². The number of nitrogens with one attached hydrogen (secondary N) is 2. The highest BCUT2D eigenvalue weighted by atomic mass is 16.4. The van der Waals surface area contributed by atoms with Crippen LogP contribution in [0.25, 0.3) is 11.0 Å². The summed E-state index contributed by atoms with van der Waals surface area (Å²) in [5, 5.41) is 11.7. The molecule has 0 saturated heterocycles. The van der Waals surface area contributed by atoms with Gasteiger partial charge in [0.1, 0.15) is 6.04 Å². The molecule has 27 heavy (non-hydrogen) atoms. The van der Waals surface area contributed by atoms with Crippen molar-refractivity contribution in [2.24, 2.45) is 0 Å². The smallest absolute Gasteiger partial charge is 0.329 e. The minimum absolute atomic E-state index is 0.00880. The van der Waals surface area contributed by atoms with Crippen molar-refractivity contribution in [1.82, 2.24) is 19.9 Å². The number of amides is 1. The lowest BCUT2D eigenvalue weighted by Gasteiger charge is -2.16. The number of carboxylic acid groups (broad SMARTS) is 1. The van der Waals surface area contributed by atoms with E-state index in [4.69, 9.17) is 0 Å². The van der Waals surface area contributed by atoms with Crippen LogP contribution in [0.5, 0.6) is 0 Å². The average molecular weight is 376 g/mol. The Hall–Kier alpha value is -2.97. The van der Waals surface area contributed by atoms with E-state index in [-0.39, 0.29) is 35.5 Å². The van der Waals surface area contributed by atoms with Gasteiger partial charge in [0, 0.05) is 12.2 Å². The molecule has 0 saturated carbocycles. The first kappa shape index (κ1) is 20.3. The van der Waals surface area contributed by atoms with E-state index in [0.717, 1.165) is 0 Å². The molecule has 2 aromatic heterocycles.